The third-order valence-electron chi connectivity index (χ3n) is 4.10. The topological polar surface area (TPSA) is 55.5 Å². The first-order valence-electron chi connectivity index (χ1n) is 8.43. The summed E-state index contributed by atoms with van der Waals surface area (Å²) in [5, 5.41) is 10.2. The normalized spacial score (nSPS) is 15.7. The van der Waals surface area contributed by atoms with E-state index in [1.54, 1.807) is 0 Å². The minimum Gasteiger partial charge on any atom is -0.493 e. The van der Waals surface area contributed by atoms with Crippen LogP contribution in [-0.4, -0.2) is 23.9 Å². The lowest BCUT2D eigenvalue weighted by Crippen LogP contribution is -2.34. The fraction of sp³-hybridized carbons (Fsp3) is 0.684. The number of benzene rings is 1. The molecule has 0 heterocycles. The molecule has 0 saturated carbocycles. The Morgan fingerprint density at radius 3 is 2.36 bits per heavy atom. The molecule has 22 heavy (non-hydrogen) atoms. The zero-order valence-corrected chi connectivity index (χ0v) is 15.0. The molecule has 3 nitrogen and oxygen atoms in total. The molecule has 0 spiro atoms. The van der Waals surface area contributed by atoms with Gasteiger partial charge in [0.25, 0.3) is 0 Å². The van der Waals surface area contributed by atoms with Gasteiger partial charge < -0.3 is 15.6 Å². The van der Waals surface area contributed by atoms with Gasteiger partial charge in [0.15, 0.2) is 0 Å². The minimum absolute atomic E-state index is 0.159. The Morgan fingerprint density at radius 1 is 1.18 bits per heavy atom. The van der Waals surface area contributed by atoms with Crippen LogP contribution in [0.3, 0.4) is 0 Å². The van der Waals surface area contributed by atoms with Crippen LogP contribution in [-0.2, 0) is 0 Å². The summed E-state index contributed by atoms with van der Waals surface area (Å²) in [5.74, 6) is 1.68. The Hall–Kier alpha value is -1.06. The van der Waals surface area contributed by atoms with Gasteiger partial charge in [-0.2, -0.15) is 0 Å². The van der Waals surface area contributed by atoms with Crippen molar-refractivity contribution in [1.82, 2.24) is 0 Å². The Kier molecular flexibility index (Phi) is 7.37. The molecule has 1 aromatic rings. The van der Waals surface area contributed by atoms with Gasteiger partial charge in [0.2, 0.25) is 0 Å². The molecule has 0 aliphatic carbocycles. The first-order valence-corrected chi connectivity index (χ1v) is 8.43. The predicted octanol–water partition coefficient (Wildman–Crippen LogP) is 3.93. The summed E-state index contributed by atoms with van der Waals surface area (Å²) in [6.07, 6.45) is 0.978. The molecule has 0 bridgehead atoms. The van der Waals surface area contributed by atoms with Gasteiger partial charge in [-0.15, -0.1) is 0 Å². The number of aryl methyl sites for hydroxylation is 2. The van der Waals surface area contributed by atoms with Crippen LogP contribution in [0, 0.1) is 19.8 Å². The molecule has 3 atom stereocenters. The number of nitrogens with two attached hydrogens (primary N) is 1. The summed E-state index contributed by atoms with van der Waals surface area (Å²) in [6.45, 7) is 13.3. The quantitative estimate of drug-likeness (QED) is 0.765. The Bertz CT molecular complexity index is 471. The van der Waals surface area contributed by atoms with E-state index in [2.05, 4.69) is 46.8 Å². The van der Waals surface area contributed by atoms with Crippen LogP contribution in [0.25, 0.3) is 0 Å². The van der Waals surface area contributed by atoms with E-state index < -0.39 is 6.10 Å². The van der Waals surface area contributed by atoms with E-state index in [1.165, 1.54) is 11.1 Å². The Morgan fingerprint density at radius 2 is 1.82 bits per heavy atom. The van der Waals surface area contributed by atoms with Gasteiger partial charge in [-0.3, -0.25) is 0 Å². The molecule has 0 aliphatic rings. The van der Waals surface area contributed by atoms with E-state index in [0.717, 1.165) is 17.7 Å². The monoisotopic (exact) mass is 307 g/mol. The minimum atomic E-state index is -0.473. The SMILES string of the molecule is CCC(N)C(O)CC(C)c1cc(C)cc(C)c1OCC(C)C. The fourth-order valence-corrected chi connectivity index (χ4v) is 2.74. The standard InChI is InChI=1S/C19H33NO2/c1-7-17(20)18(21)10-14(5)16-9-13(4)8-15(6)19(16)22-11-12(2)3/h8-9,12,14,17-18,21H,7,10-11,20H2,1-6H3. The first kappa shape index (κ1) is 19.0. The van der Waals surface area contributed by atoms with Crippen LogP contribution in [0.5, 0.6) is 5.75 Å². The van der Waals surface area contributed by atoms with Gasteiger partial charge in [0.05, 0.1) is 12.7 Å². The molecule has 1 aromatic carbocycles. The molecule has 1 rings (SSSR count). The summed E-state index contributed by atoms with van der Waals surface area (Å²) in [4.78, 5) is 0. The molecule has 3 unspecified atom stereocenters. The number of ether oxygens (including phenoxy) is 1. The van der Waals surface area contributed by atoms with Gasteiger partial charge in [-0.25, -0.2) is 0 Å². The third-order valence-corrected chi connectivity index (χ3v) is 4.10. The molecular formula is C19H33NO2. The number of hydrogen-bond donors (Lipinski definition) is 2. The molecular weight excluding hydrogens is 274 g/mol. The lowest BCUT2D eigenvalue weighted by Gasteiger charge is -2.24. The second-order valence-electron chi connectivity index (χ2n) is 6.98. The van der Waals surface area contributed by atoms with Gasteiger partial charge in [0, 0.05) is 6.04 Å². The fourth-order valence-electron chi connectivity index (χ4n) is 2.74. The predicted molar refractivity (Wildman–Crippen MR) is 93.6 cm³/mol. The highest BCUT2D eigenvalue weighted by Crippen LogP contribution is 2.34. The largest absolute Gasteiger partial charge is 0.493 e. The van der Waals surface area contributed by atoms with Crippen molar-refractivity contribution in [1.29, 1.82) is 0 Å². The van der Waals surface area contributed by atoms with Gasteiger partial charge in [-0.05, 0) is 49.7 Å². The maximum atomic E-state index is 10.2. The Balaban J connectivity index is 2.99. The molecule has 0 amide bonds. The molecule has 3 N–H and O–H groups in total. The van der Waals surface area contributed by atoms with Crippen molar-refractivity contribution in [2.45, 2.75) is 72.4 Å². The highest BCUT2D eigenvalue weighted by atomic mass is 16.5. The zero-order chi connectivity index (χ0) is 16.9. The lowest BCUT2D eigenvalue weighted by molar-refractivity contribution is 0.126. The number of aliphatic hydroxyl groups excluding tert-OH is 1. The van der Waals surface area contributed by atoms with E-state index in [4.69, 9.17) is 10.5 Å². The molecule has 0 fully saturated rings. The van der Waals surface area contributed by atoms with Gasteiger partial charge in [-0.1, -0.05) is 45.4 Å². The average molecular weight is 307 g/mol. The second kappa shape index (κ2) is 8.54. The van der Waals surface area contributed by atoms with Crippen LogP contribution >= 0.6 is 0 Å². The molecule has 0 radical (unpaired) electrons. The number of rotatable bonds is 8. The van der Waals surface area contributed by atoms with E-state index in [-0.39, 0.29) is 12.0 Å². The zero-order valence-electron chi connectivity index (χ0n) is 15.0. The summed E-state index contributed by atoms with van der Waals surface area (Å²) in [6, 6.07) is 4.17. The maximum absolute atomic E-state index is 10.2. The average Bonchev–Trinajstić information content (AvgIpc) is 2.44. The van der Waals surface area contributed by atoms with Crippen molar-refractivity contribution in [2.75, 3.05) is 6.61 Å². The second-order valence-corrected chi connectivity index (χ2v) is 6.98. The van der Waals surface area contributed by atoms with Crippen molar-refractivity contribution >= 4 is 0 Å². The van der Waals surface area contributed by atoms with Crippen LogP contribution in [0.1, 0.15) is 63.1 Å². The summed E-state index contributed by atoms with van der Waals surface area (Å²) in [7, 11) is 0. The van der Waals surface area contributed by atoms with E-state index >= 15 is 0 Å². The molecule has 3 heteroatoms. The van der Waals surface area contributed by atoms with Crippen molar-refractivity contribution in [3.8, 4) is 5.75 Å². The van der Waals surface area contributed by atoms with Crippen LogP contribution < -0.4 is 10.5 Å². The highest BCUT2D eigenvalue weighted by Gasteiger charge is 2.21. The molecule has 0 aromatic heterocycles. The summed E-state index contributed by atoms with van der Waals surface area (Å²) >= 11 is 0. The van der Waals surface area contributed by atoms with Crippen molar-refractivity contribution in [2.24, 2.45) is 11.7 Å². The van der Waals surface area contributed by atoms with Crippen LogP contribution in [0.15, 0.2) is 12.1 Å². The van der Waals surface area contributed by atoms with Crippen molar-refractivity contribution in [3.63, 3.8) is 0 Å². The van der Waals surface area contributed by atoms with Crippen LogP contribution in [0.4, 0.5) is 0 Å². The lowest BCUT2D eigenvalue weighted by atomic mass is 9.89. The maximum Gasteiger partial charge on any atom is 0.125 e. The summed E-state index contributed by atoms with van der Waals surface area (Å²) < 4.78 is 6.06. The van der Waals surface area contributed by atoms with E-state index in [9.17, 15) is 5.11 Å². The first-order chi connectivity index (χ1) is 10.3. The highest BCUT2D eigenvalue weighted by molar-refractivity contribution is 5.45. The molecule has 126 valence electrons. The van der Waals surface area contributed by atoms with Crippen LogP contribution in [0.2, 0.25) is 0 Å². The molecule has 0 aliphatic heterocycles. The molecule has 0 saturated heterocycles. The van der Waals surface area contributed by atoms with E-state index in [0.29, 0.717) is 18.9 Å². The van der Waals surface area contributed by atoms with E-state index in [1.807, 2.05) is 6.92 Å². The smallest absolute Gasteiger partial charge is 0.125 e. The van der Waals surface area contributed by atoms with Crippen molar-refractivity contribution < 1.29 is 9.84 Å². The summed E-state index contributed by atoms with van der Waals surface area (Å²) in [5.41, 5.74) is 9.53. The van der Waals surface area contributed by atoms with Gasteiger partial charge in [0.1, 0.15) is 5.75 Å². The number of aliphatic hydroxyl groups is 1. The Labute approximate surface area is 135 Å². The van der Waals surface area contributed by atoms with Crippen molar-refractivity contribution in [3.05, 3.63) is 28.8 Å². The number of hydrogen-bond acceptors (Lipinski definition) is 3. The third kappa shape index (κ3) is 5.29. The van der Waals surface area contributed by atoms with Gasteiger partial charge >= 0.3 is 0 Å².